The molecule has 0 saturated heterocycles. The minimum Gasteiger partial charge on any atom is -0.458 e. The fourth-order valence-electron chi connectivity index (χ4n) is 1.91. The number of esters is 1. The van der Waals surface area contributed by atoms with Crippen LogP contribution in [0.3, 0.4) is 0 Å². The van der Waals surface area contributed by atoms with Gasteiger partial charge in [0.1, 0.15) is 6.10 Å². The minimum atomic E-state index is -0.210. The van der Waals surface area contributed by atoms with Gasteiger partial charge in [0.2, 0.25) is 0 Å². The number of allylic oxidation sites excluding steroid dienone is 1. The highest BCUT2D eigenvalue weighted by Gasteiger charge is 2.21. The Bertz CT molecular complexity index is 367. The van der Waals surface area contributed by atoms with Crippen molar-refractivity contribution in [2.45, 2.75) is 25.4 Å². The third kappa shape index (κ3) is 2.46. The molecule has 2 nitrogen and oxygen atoms in total. The molecular formula is C13H14O2. The molecule has 2 heteroatoms. The van der Waals surface area contributed by atoms with Gasteiger partial charge in [-0.3, -0.25) is 4.79 Å². The molecule has 0 unspecified atom stereocenters. The van der Waals surface area contributed by atoms with E-state index in [4.69, 9.17) is 4.74 Å². The van der Waals surface area contributed by atoms with Gasteiger partial charge in [-0.25, -0.2) is 0 Å². The van der Waals surface area contributed by atoms with Crippen molar-refractivity contribution in [2.24, 2.45) is 0 Å². The van der Waals surface area contributed by atoms with Gasteiger partial charge in [-0.15, -0.1) is 0 Å². The number of rotatable bonds is 2. The van der Waals surface area contributed by atoms with Crippen LogP contribution in [0, 0.1) is 0 Å². The normalized spacial score (nSPS) is 24.1. The summed E-state index contributed by atoms with van der Waals surface area (Å²) >= 11 is 0. The number of ether oxygens (including phenoxy) is 1. The van der Waals surface area contributed by atoms with Crippen molar-refractivity contribution in [3.05, 3.63) is 48.0 Å². The van der Waals surface area contributed by atoms with Gasteiger partial charge in [0.25, 0.3) is 0 Å². The van der Waals surface area contributed by atoms with Crippen LogP contribution in [0.2, 0.25) is 0 Å². The van der Waals surface area contributed by atoms with Crippen molar-refractivity contribution in [1.82, 2.24) is 0 Å². The Hall–Kier alpha value is -1.57. The van der Waals surface area contributed by atoms with Crippen molar-refractivity contribution in [3.63, 3.8) is 0 Å². The third-order valence-electron chi connectivity index (χ3n) is 2.59. The van der Waals surface area contributed by atoms with Gasteiger partial charge in [-0.1, -0.05) is 36.4 Å². The van der Waals surface area contributed by atoms with Gasteiger partial charge in [0.05, 0.1) is 0 Å². The van der Waals surface area contributed by atoms with Crippen molar-refractivity contribution >= 4 is 5.97 Å². The van der Waals surface area contributed by atoms with Gasteiger partial charge < -0.3 is 4.74 Å². The predicted octanol–water partition coefficient (Wildman–Crippen LogP) is 2.66. The number of benzene rings is 1. The molecule has 2 atom stereocenters. The lowest BCUT2D eigenvalue weighted by molar-refractivity contribution is -0.144. The highest BCUT2D eigenvalue weighted by molar-refractivity contribution is 5.66. The fourth-order valence-corrected chi connectivity index (χ4v) is 1.91. The first-order valence-electron chi connectivity index (χ1n) is 5.16. The number of hydrogen-bond donors (Lipinski definition) is 0. The summed E-state index contributed by atoms with van der Waals surface area (Å²) in [4.78, 5) is 10.8. The molecule has 0 fully saturated rings. The molecule has 0 aliphatic heterocycles. The summed E-state index contributed by atoms with van der Waals surface area (Å²) in [7, 11) is 0. The maximum absolute atomic E-state index is 10.8. The summed E-state index contributed by atoms with van der Waals surface area (Å²) < 4.78 is 5.14. The zero-order valence-corrected chi connectivity index (χ0v) is 8.72. The molecule has 1 aromatic carbocycles. The molecule has 0 amide bonds. The second kappa shape index (κ2) is 4.30. The van der Waals surface area contributed by atoms with Crippen molar-refractivity contribution in [1.29, 1.82) is 0 Å². The van der Waals surface area contributed by atoms with Crippen molar-refractivity contribution in [2.75, 3.05) is 0 Å². The van der Waals surface area contributed by atoms with E-state index in [2.05, 4.69) is 18.2 Å². The number of hydrogen-bond acceptors (Lipinski definition) is 2. The molecule has 0 aromatic heterocycles. The molecule has 1 aromatic rings. The summed E-state index contributed by atoms with van der Waals surface area (Å²) in [5.41, 5.74) is 1.28. The van der Waals surface area contributed by atoms with Crippen LogP contribution < -0.4 is 0 Å². The molecule has 0 bridgehead atoms. The zero-order chi connectivity index (χ0) is 10.7. The van der Waals surface area contributed by atoms with Gasteiger partial charge in [-0.05, 0) is 18.1 Å². The van der Waals surface area contributed by atoms with E-state index in [1.165, 1.54) is 12.5 Å². The van der Waals surface area contributed by atoms with Gasteiger partial charge in [0.15, 0.2) is 0 Å². The Morgan fingerprint density at radius 2 is 2.00 bits per heavy atom. The highest BCUT2D eigenvalue weighted by atomic mass is 16.5. The summed E-state index contributed by atoms with van der Waals surface area (Å²) in [5, 5.41) is 0. The quantitative estimate of drug-likeness (QED) is 0.544. The second-order valence-electron chi connectivity index (χ2n) is 3.79. The lowest BCUT2D eigenvalue weighted by atomic mass is 9.98. The van der Waals surface area contributed by atoms with E-state index < -0.39 is 0 Å². The monoisotopic (exact) mass is 202 g/mol. The summed E-state index contributed by atoms with van der Waals surface area (Å²) in [5.74, 6) is 0.175. The fraction of sp³-hybridized carbons (Fsp3) is 0.308. The first-order chi connectivity index (χ1) is 7.25. The highest BCUT2D eigenvalue weighted by Crippen LogP contribution is 2.29. The number of carbonyl (C=O) groups excluding carboxylic acids is 1. The maximum atomic E-state index is 10.8. The van der Waals surface area contributed by atoms with Gasteiger partial charge in [0, 0.05) is 12.8 Å². The van der Waals surface area contributed by atoms with E-state index in [0.717, 1.165) is 6.42 Å². The van der Waals surface area contributed by atoms with Crippen LogP contribution in [0.4, 0.5) is 0 Å². The van der Waals surface area contributed by atoms with Crippen LogP contribution >= 0.6 is 0 Å². The SMILES string of the molecule is CC(=O)O[C@H]1C=C[C@@H](c2ccccc2)C1. The lowest BCUT2D eigenvalue weighted by Gasteiger charge is -2.12. The van der Waals surface area contributed by atoms with Crippen LogP contribution in [0.1, 0.15) is 24.8 Å². The molecule has 0 radical (unpaired) electrons. The first-order valence-corrected chi connectivity index (χ1v) is 5.16. The Balaban J connectivity index is 2.00. The standard InChI is InChI=1S/C13H14O2/c1-10(14)15-13-8-7-12(9-13)11-5-3-2-4-6-11/h2-8,12-13H,9H2,1H3/t12-,13+/m1/s1. The average Bonchev–Trinajstić information content (AvgIpc) is 2.67. The Morgan fingerprint density at radius 1 is 1.27 bits per heavy atom. The Labute approximate surface area is 89.6 Å². The van der Waals surface area contributed by atoms with E-state index in [1.54, 1.807) is 0 Å². The minimum absolute atomic E-state index is 0.0484. The van der Waals surface area contributed by atoms with Crippen LogP contribution in [0.25, 0.3) is 0 Å². The zero-order valence-electron chi connectivity index (χ0n) is 8.72. The average molecular weight is 202 g/mol. The van der Waals surface area contributed by atoms with Crippen LogP contribution in [0.15, 0.2) is 42.5 Å². The molecule has 15 heavy (non-hydrogen) atoms. The Morgan fingerprint density at radius 3 is 2.67 bits per heavy atom. The van der Waals surface area contributed by atoms with Crippen molar-refractivity contribution in [3.8, 4) is 0 Å². The van der Waals surface area contributed by atoms with E-state index in [1.807, 2.05) is 24.3 Å². The lowest BCUT2D eigenvalue weighted by Crippen LogP contribution is -2.12. The third-order valence-corrected chi connectivity index (χ3v) is 2.59. The van der Waals surface area contributed by atoms with Crippen LogP contribution in [0.5, 0.6) is 0 Å². The molecule has 0 heterocycles. The molecular weight excluding hydrogens is 188 g/mol. The summed E-state index contributed by atoms with van der Waals surface area (Å²) in [6, 6.07) is 10.3. The van der Waals surface area contributed by atoms with Crippen LogP contribution in [-0.2, 0) is 9.53 Å². The predicted molar refractivity (Wildman–Crippen MR) is 58.5 cm³/mol. The van der Waals surface area contributed by atoms with E-state index >= 15 is 0 Å². The number of carbonyl (C=O) groups is 1. The molecule has 0 N–H and O–H groups in total. The Kier molecular flexibility index (Phi) is 2.86. The molecule has 0 saturated carbocycles. The van der Waals surface area contributed by atoms with E-state index in [-0.39, 0.29) is 12.1 Å². The molecule has 1 aliphatic carbocycles. The topological polar surface area (TPSA) is 26.3 Å². The largest absolute Gasteiger partial charge is 0.458 e. The molecule has 1 aliphatic rings. The molecule has 0 spiro atoms. The second-order valence-corrected chi connectivity index (χ2v) is 3.79. The van der Waals surface area contributed by atoms with Crippen molar-refractivity contribution < 1.29 is 9.53 Å². The molecule has 78 valence electrons. The summed E-state index contributed by atoms with van der Waals surface area (Å²) in [6.45, 7) is 1.45. The van der Waals surface area contributed by atoms with Gasteiger partial charge >= 0.3 is 5.97 Å². The molecule has 2 rings (SSSR count). The maximum Gasteiger partial charge on any atom is 0.303 e. The summed E-state index contributed by atoms with van der Waals surface area (Å²) in [6.07, 6.45) is 4.90. The smallest absolute Gasteiger partial charge is 0.303 e. The van der Waals surface area contributed by atoms with Gasteiger partial charge in [-0.2, -0.15) is 0 Å². The first kappa shape index (κ1) is 9.97. The van der Waals surface area contributed by atoms with E-state index in [0.29, 0.717) is 5.92 Å². The van der Waals surface area contributed by atoms with E-state index in [9.17, 15) is 4.79 Å². The van der Waals surface area contributed by atoms with Crippen LogP contribution in [-0.4, -0.2) is 12.1 Å².